The molecule has 0 N–H and O–H groups in total. The second-order valence-electron chi connectivity index (χ2n) is 4.50. The molecular formula is C14H11F3O3S. The maximum absolute atomic E-state index is 13.5. The molecule has 0 fully saturated rings. The molecule has 0 unspecified atom stereocenters. The highest BCUT2D eigenvalue weighted by molar-refractivity contribution is 7.87. The predicted molar refractivity (Wildman–Crippen MR) is 70.0 cm³/mol. The largest absolute Gasteiger partial charge is 0.379 e. The molecule has 0 heterocycles. The lowest BCUT2D eigenvalue weighted by Crippen LogP contribution is -2.13. The summed E-state index contributed by atoms with van der Waals surface area (Å²) in [5.74, 6) is -4.36. The molecule has 7 heteroatoms. The van der Waals surface area contributed by atoms with Gasteiger partial charge in [0.2, 0.25) is 0 Å². The fourth-order valence-corrected chi connectivity index (χ4v) is 2.71. The number of rotatable bonds is 3. The average molecular weight is 316 g/mol. The average Bonchev–Trinajstić information content (AvgIpc) is 2.37. The minimum absolute atomic E-state index is 0.000803. The third-order valence-electron chi connectivity index (χ3n) is 2.79. The van der Waals surface area contributed by atoms with E-state index in [0.717, 1.165) is 5.56 Å². The van der Waals surface area contributed by atoms with Crippen LogP contribution in [0.15, 0.2) is 35.2 Å². The van der Waals surface area contributed by atoms with Crippen molar-refractivity contribution >= 4 is 10.1 Å². The zero-order chi connectivity index (χ0) is 15.8. The summed E-state index contributed by atoms with van der Waals surface area (Å²) in [6, 6.07) is 5.24. The van der Waals surface area contributed by atoms with E-state index in [9.17, 15) is 21.6 Å². The SMILES string of the molecule is Cc1ccc(C)c(OS(=O)(=O)c2cc(F)c(F)cc2F)c1. The van der Waals surface area contributed by atoms with Gasteiger partial charge < -0.3 is 4.18 Å². The van der Waals surface area contributed by atoms with Crippen LogP contribution in [0.4, 0.5) is 13.2 Å². The Labute approximate surface area is 120 Å². The summed E-state index contributed by atoms with van der Waals surface area (Å²) < 4.78 is 68.3. The number of hydrogen-bond acceptors (Lipinski definition) is 3. The van der Waals surface area contributed by atoms with Gasteiger partial charge in [-0.05, 0) is 31.0 Å². The predicted octanol–water partition coefficient (Wildman–Crippen LogP) is 3.49. The second kappa shape index (κ2) is 5.40. The van der Waals surface area contributed by atoms with Crippen LogP contribution in [0, 0.1) is 31.3 Å². The molecule has 0 radical (unpaired) electrons. The summed E-state index contributed by atoms with van der Waals surface area (Å²) in [5, 5.41) is 0. The first kappa shape index (κ1) is 15.4. The van der Waals surface area contributed by atoms with Gasteiger partial charge >= 0.3 is 10.1 Å². The topological polar surface area (TPSA) is 43.4 Å². The number of hydrogen-bond donors (Lipinski definition) is 0. The highest BCUT2D eigenvalue weighted by Crippen LogP contribution is 2.26. The van der Waals surface area contributed by atoms with Crippen LogP contribution in [0.25, 0.3) is 0 Å². The Morgan fingerprint density at radius 2 is 1.52 bits per heavy atom. The number of benzene rings is 2. The first-order valence-corrected chi connectivity index (χ1v) is 7.28. The van der Waals surface area contributed by atoms with Crippen LogP contribution in [-0.2, 0) is 10.1 Å². The van der Waals surface area contributed by atoms with E-state index in [0.29, 0.717) is 5.56 Å². The molecule has 112 valence electrons. The van der Waals surface area contributed by atoms with E-state index < -0.39 is 32.5 Å². The molecule has 21 heavy (non-hydrogen) atoms. The van der Waals surface area contributed by atoms with Crippen molar-refractivity contribution in [3.8, 4) is 5.75 Å². The van der Waals surface area contributed by atoms with Crippen LogP contribution in [-0.4, -0.2) is 8.42 Å². The van der Waals surface area contributed by atoms with Gasteiger partial charge in [-0.3, -0.25) is 0 Å². The highest BCUT2D eigenvalue weighted by atomic mass is 32.2. The summed E-state index contributed by atoms with van der Waals surface area (Å²) >= 11 is 0. The Hall–Kier alpha value is -2.02. The van der Waals surface area contributed by atoms with Crippen molar-refractivity contribution in [2.24, 2.45) is 0 Å². The lowest BCUT2D eigenvalue weighted by molar-refractivity contribution is 0.459. The van der Waals surface area contributed by atoms with Crippen molar-refractivity contribution in [2.45, 2.75) is 18.7 Å². The van der Waals surface area contributed by atoms with E-state index in [1.807, 2.05) is 0 Å². The third kappa shape index (κ3) is 3.18. The van der Waals surface area contributed by atoms with Gasteiger partial charge in [-0.1, -0.05) is 12.1 Å². The third-order valence-corrected chi connectivity index (χ3v) is 4.04. The molecule has 0 aliphatic rings. The molecule has 0 aliphatic heterocycles. The molecule has 0 amide bonds. The van der Waals surface area contributed by atoms with Gasteiger partial charge in [-0.25, -0.2) is 13.2 Å². The fourth-order valence-electron chi connectivity index (χ4n) is 1.66. The lowest BCUT2D eigenvalue weighted by atomic mass is 10.1. The molecule has 0 atom stereocenters. The molecule has 2 rings (SSSR count). The van der Waals surface area contributed by atoms with E-state index >= 15 is 0 Å². The van der Waals surface area contributed by atoms with E-state index in [4.69, 9.17) is 4.18 Å². The van der Waals surface area contributed by atoms with Crippen LogP contribution in [0.3, 0.4) is 0 Å². The standard InChI is InChI=1S/C14H11F3O3S/c1-8-3-4-9(2)13(5-8)20-21(18,19)14-7-11(16)10(15)6-12(14)17/h3-7H,1-2H3. The quantitative estimate of drug-likeness (QED) is 0.643. The van der Waals surface area contributed by atoms with Gasteiger partial charge in [-0.2, -0.15) is 8.42 Å². The van der Waals surface area contributed by atoms with Crippen LogP contribution in [0.2, 0.25) is 0 Å². The van der Waals surface area contributed by atoms with E-state index in [1.54, 1.807) is 26.0 Å². The van der Waals surface area contributed by atoms with Crippen LogP contribution >= 0.6 is 0 Å². The van der Waals surface area contributed by atoms with Crippen LogP contribution < -0.4 is 4.18 Å². The van der Waals surface area contributed by atoms with E-state index in [-0.39, 0.29) is 17.9 Å². The van der Waals surface area contributed by atoms with Crippen molar-refractivity contribution in [1.82, 2.24) is 0 Å². The monoisotopic (exact) mass is 316 g/mol. The first-order chi connectivity index (χ1) is 9.70. The number of halogens is 3. The van der Waals surface area contributed by atoms with Gasteiger partial charge in [0, 0.05) is 12.1 Å². The minimum Gasteiger partial charge on any atom is -0.379 e. The zero-order valence-electron chi connectivity index (χ0n) is 11.2. The zero-order valence-corrected chi connectivity index (χ0v) is 12.0. The first-order valence-electron chi connectivity index (χ1n) is 5.87. The smallest absolute Gasteiger partial charge is 0.342 e. The van der Waals surface area contributed by atoms with Gasteiger partial charge in [0.1, 0.15) is 16.5 Å². The van der Waals surface area contributed by atoms with Crippen LogP contribution in [0.5, 0.6) is 5.75 Å². The Morgan fingerprint density at radius 3 is 2.19 bits per heavy atom. The van der Waals surface area contributed by atoms with Crippen molar-refractivity contribution in [2.75, 3.05) is 0 Å². The molecule has 2 aromatic carbocycles. The summed E-state index contributed by atoms with van der Waals surface area (Å²) in [5.41, 5.74) is 1.24. The molecule has 0 bridgehead atoms. The van der Waals surface area contributed by atoms with E-state index in [1.165, 1.54) is 6.07 Å². The minimum atomic E-state index is -4.60. The van der Waals surface area contributed by atoms with Crippen LogP contribution in [0.1, 0.15) is 11.1 Å². The van der Waals surface area contributed by atoms with Crippen molar-refractivity contribution in [3.05, 3.63) is 58.9 Å². The molecule has 0 aromatic heterocycles. The van der Waals surface area contributed by atoms with Crippen molar-refractivity contribution < 1.29 is 25.8 Å². The van der Waals surface area contributed by atoms with Crippen molar-refractivity contribution in [3.63, 3.8) is 0 Å². The van der Waals surface area contributed by atoms with E-state index in [2.05, 4.69) is 0 Å². The normalized spacial score (nSPS) is 11.5. The maximum Gasteiger partial charge on any atom is 0.342 e. The molecule has 0 aliphatic carbocycles. The Balaban J connectivity index is 2.48. The van der Waals surface area contributed by atoms with Gasteiger partial charge in [0.25, 0.3) is 0 Å². The molecule has 0 saturated carbocycles. The molecule has 2 aromatic rings. The summed E-state index contributed by atoms with van der Waals surface area (Å²) in [6.45, 7) is 3.32. The Morgan fingerprint density at radius 1 is 0.905 bits per heavy atom. The maximum atomic E-state index is 13.5. The fraction of sp³-hybridized carbons (Fsp3) is 0.143. The molecule has 0 saturated heterocycles. The van der Waals surface area contributed by atoms with Crippen molar-refractivity contribution in [1.29, 1.82) is 0 Å². The second-order valence-corrected chi connectivity index (χ2v) is 6.02. The van der Waals surface area contributed by atoms with Gasteiger partial charge in [0.05, 0.1) is 0 Å². The number of aryl methyl sites for hydroxylation is 2. The molecule has 0 spiro atoms. The lowest BCUT2D eigenvalue weighted by Gasteiger charge is -2.11. The summed E-state index contributed by atoms with van der Waals surface area (Å²) in [6.07, 6.45) is 0. The summed E-state index contributed by atoms with van der Waals surface area (Å²) in [7, 11) is -4.60. The molecular weight excluding hydrogens is 305 g/mol. The summed E-state index contributed by atoms with van der Waals surface area (Å²) in [4.78, 5) is -1.05. The van der Waals surface area contributed by atoms with Gasteiger partial charge in [0.15, 0.2) is 11.6 Å². The molecule has 3 nitrogen and oxygen atoms in total. The Kier molecular flexibility index (Phi) is 3.95. The highest BCUT2D eigenvalue weighted by Gasteiger charge is 2.25. The Bertz CT molecular complexity index is 801. The van der Waals surface area contributed by atoms with Gasteiger partial charge in [-0.15, -0.1) is 0 Å².